The first-order valence-corrected chi connectivity index (χ1v) is 8.36. The first-order chi connectivity index (χ1) is 10.7. The Kier molecular flexibility index (Phi) is 5.47. The van der Waals surface area contributed by atoms with Gasteiger partial charge in [0.15, 0.2) is 0 Å². The fraction of sp³-hybridized carbons (Fsp3) is 0.667. The zero-order valence-corrected chi connectivity index (χ0v) is 13.8. The molecule has 0 radical (unpaired) electrons. The highest BCUT2D eigenvalue weighted by molar-refractivity contribution is 5.24. The molecule has 0 amide bonds. The summed E-state index contributed by atoms with van der Waals surface area (Å²) >= 11 is 0. The van der Waals surface area contributed by atoms with Gasteiger partial charge in [-0.05, 0) is 38.1 Å². The van der Waals surface area contributed by atoms with E-state index in [2.05, 4.69) is 48.2 Å². The Morgan fingerprint density at radius 1 is 0.818 bits per heavy atom. The van der Waals surface area contributed by atoms with Crippen molar-refractivity contribution in [3.05, 3.63) is 35.4 Å². The van der Waals surface area contributed by atoms with E-state index in [9.17, 15) is 0 Å². The van der Waals surface area contributed by atoms with Crippen molar-refractivity contribution in [3.63, 3.8) is 0 Å². The number of benzene rings is 1. The minimum absolute atomic E-state index is 0.512. The van der Waals surface area contributed by atoms with Crippen molar-refractivity contribution in [3.8, 4) is 0 Å². The second kappa shape index (κ2) is 7.55. The van der Waals surface area contributed by atoms with Gasteiger partial charge in [-0.3, -0.25) is 9.80 Å². The summed E-state index contributed by atoms with van der Waals surface area (Å²) in [5.74, 6) is 0. The average Bonchev–Trinajstić information content (AvgIpc) is 2.54. The highest BCUT2D eigenvalue weighted by Crippen LogP contribution is 2.15. The van der Waals surface area contributed by atoms with Crippen molar-refractivity contribution in [1.82, 2.24) is 9.80 Å². The Hall–Kier alpha value is -0.940. The van der Waals surface area contributed by atoms with E-state index in [-0.39, 0.29) is 0 Å². The first kappa shape index (κ1) is 15.9. The zero-order chi connectivity index (χ0) is 15.4. The number of nitrogens with zero attached hydrogens (tertiary/aromatic N) is 2. The van der Waals surface area contributed by atoms with Crippen LogP contribution in [0.2, 0.25) is 0 Å². The number of likely N-dealkylation sites (N-methyl/N-ethyl adjacent to an activating group) is 2. The lowest BCUT2D eigenvalue weighted by molar-refractivity contribution is 0.00595. The van der Waals surface area contributed by atoms with Gasteiger partial charge in [0.2, 0.25) is 0 Å². The number of hydrogen-bond donors (Lipinski definition) is 0. The van der Waals surface area contributed by atoms with E-state index >= 15 is 0 Å². The van der Waals surface area contributed by atoms with Crippen LogP contribution in [0.3, 0.4) is 0 Å². The van der Waals surface area contributed by atoms with E-state index in [0.29, 0.717) is 12.1 Å². The lowest BCUT2D eigenvalue weighted by Crippen LogP contribution is -2.44. The number of hydrogen-bond acceptors (Lipinski definition) is 4. The molecule has 0 saturated carbocycles. The fourth-order valence-corrected chi connectivity index (χ4v) is 3.26. The topological polar surface area (TPSA) is 24.9 Å². The number of morpholine rings is 2. The van der Waals surface area contributed by atoms with Crippen LogP contribution in [0.15, 0.2) is 24.3 Å². The van der Waals surface area contributed by atoms with Crippen molar-refractivity contribution in [2.75, 3.05) is 53.6 Å². The average molecular weight is 304 g/mol. The van der Waals surface area contributed by atoms with Crippen molar-refractivity contribution < 1.29 is 9.47 Å². The summed E-state index contributed by atoms with van der Waals surface area (Å²) in [5.41, 5.74) is 2.80. The molecule has 1 aromatic carbocycles. The predicted molar refractivity (Wildman–Crippen MR) is 88.3 cm³/mol. The minimum atomic E-state index is 0.512. The van der Waals surface area contributed by atoms with Crippen LogP contribution < -0.4 is 0 Å². The first-order valence-electron chi connectivity index (χ1n) is 8.36. The molecule has 0 bridgehead atoms. The molecule has 2 aliphatic rings. The van der Waals surface area contributed by atoms with Crippen molar-refractivity contribution in [2.24, 2.45) is 0 Å². The third-order valence-corrected chi connectivity index (χ3v) is 5.01. The van der Waals surface area contributed by atoms with Crippen LogP contribution in [0.25, 0.3) is 0 Å². The molecule has 1 aromatic rings. The molecule has 2 fully saturated rings. The smallest absolute Gasteiger partial charge is 0.0625 e. The van der Waals surface area contributed by atoms with Crippen molar-refractivity contribution >= 4 is 0 Å². The van der Waals surface area contributed by atoms with E-state index in [1.807, 2.05) is 0 Å². The second-order valence-electron chi connectivity index (χ2n) is 6.64. The van der Waals surface area contributed by atoms with E-state index in [1.54, 1.807) is 0 Å². The van der Waals surface area contributed by atoms with Gasteiger partial charge in [-0.15, -0.1) is 0 Å². The molecule has 0 N–H and O–H groups in total. The van der Waals surface area contributed by atoms with Crippen LogP contribution in [-0.4, -0.2) is 75.5 Å². The third kappa shape index (κ3) is 4.07. The van der Waals surface area contributed by atoms with Crippen LogP contribution in [0, 0.1) is 0 Å². The Bertz CT molecular complexity index is 420. The number of rotatable bonds is 4. The van der Waals surface area contributed by atoms with Gasteiger partial charge in [0.1, 0.15) is 0 Å². The van der Waals surface area contributed by atoms with Gasteiger partial charge < -0.3 is 9.47 Å². The monoisotopic (exact) mass is 304 g/mol. The van der Waals surface area contributed by atoms with Crippen molar-refractivity contribution in [2.45, 2.75) is 24.9 Å². The summed E-state index contributed by atoms with van der Waals surface area (Å²) in [5, 5.41) is 0. The Morgan fingerprint density at radius 2 is 1.23 bits per heavy atom. The quantitative estimate of drug-likeness (QED) is 0.840. The summed E-state index contributed by atoms with van der Waals surface area (Å²) in [6.45, 7) is 5.50. The van der Waals surface area contributed by atoms with Crippen molar-refractivity contribution in [1.29, 1.82) is 0 Å². The van der Waals surface area contributed by atoms with Crippen LogP contribution in [-0.2, 0) is 22.3 Å². The molecule has 2 heterocycles. The minimum Gasteiger partial charge on any atom is -0.378 e. The molecule has 22 heavy (non-hydrogen) atoms. The molecule has 3 rings (SSSR count). The van der Waals surface area contributed by atoms with Gasteiger partial charge in [0.05, 0.1) is 26.4 Å². The maximum absolute atomic E-state index is 5.60. The Labute approximate surface area is 134 Å². The standard InChI is InChI=1S/C18H28N2O2/c1-19-7-9-21-13-17(19)11-15-3-5-16(6-4-15)12-18-14-22-10-8-20(18)2/h3-6,17-18H,7-14H2,1-2H3. The van der Waals surface area contributed by atoms with Gasteiger partial charge in [-0.25, -0.2) is 0 Å². The van der Waals surface area contributed by atoms with Crippen LogP contribution in [0.1, 0.15) is 11.1 Å². The molecule has 4 heteroatoms. The maximum Gasteiger partial charge on any atom is 0.0625 e. The summed E-state index contributed by atoms with van der Waals surface area (Å²) in [4.78, 5) is 4.82. The molecule has 0 aliphatic carbocycles. The molecule has 2 atom stereocenters. The highest BCUT2D eigenvalue weighted by atomic mass is 16.5. The predicted octanol–water partition coefficient (Wildman–Crippen LogP) is 1.43. The second-order valence-corrected chi connectivity index (χ2v) is 6.64. The largest absolute Gasteiger partial charge is 0.378 e. The third-order valence-electron chi connectivity index (χ3n) is 5.01. The SMILES string of the molecule is CN1CCOCC1Cc1ccc(CC2COCCN2C)cc1. The Balaban J connectivity index is 1.55. The molecule has 2 saturated heterocycles. The molecule has 2 unspecified atom stereocenters. The van der Waals surface area contributed by atoms with Crippen LogP contribution in [0.5, 0.6) is 0 Å². The molecule has 4 nitrogen and oxygen atoms in total. The van der Waals surface area contributed by atoms with Crippen LogP contribution >= 0.6 is 0 Å². The highest BCUT2D eigenvalue weighted by Gasteiger charge is 2.21. The van der Waals surface area contributed by atoms with E-state index in [0.717, 1.165) is 52.4 Å². The molecule has 0 aromatic heterocycles. The fourth-order valence-electron chi connectivity index (χ4n) is 3.26. The van der Waals surface area contributed by atoms with Gasteiger partial charge in [0, 0.05) is 25.2 Å². The molecular formula is C18H28N2O2. The summed E-state index contributed by atoms with van der Waals surface area (Å²) in [6.07, 6.45) is 2.15. The summed E-state index contributed by atoms with van der Waals surface area (Å²) in [6, 6.07) is 10.1. The zero-order valence-electron chi connectivity index (χ0n) is 13.8. The normalized spacial score (nSPS) is 27.9. The van der Waals surface area contributed by atoms with Crippen LogP contribution in [0.4, 0.5) is 0 Å². The lowest BCUT2D eigenvalue weighted by atomic mass is 10.00. The molecule has 122 valence electrons. The van der Waals surface area contributed by atoms with Gasteiger partial charge >= 0.3 is 0 Å². The van der Waals surface area contributed by atoms with E-state index < -0.39 is 0 Å². The van der Waals surface area contributed by atoms with Gasteiger partial charge in [-0.2, -0.15) is 0 Å². The number of ether oxygens (including phenoxy) is 2. The van der Waals surface area contributed by atoms with Gasteiger partial charge in [-0.1, -0.05) is 24.3 Å². The summed E-state index contributed by atoms with van der Waals surface area (Å²) < 4.78 is 11.2. The lowest BCUT2D eigenvalue weighted by Gasteiger charge is -2.33. The van der Waals surface area contributed by atoms with E-state index in [1.165, 1.54) is 11.1 Å². The Morgan fingerprint density at radius 3 is 1.59 bits per heavy atom. The molecule has 2 aliphatic heterocycles. The van der Waals surface area contributed by atoms with E-state index in [4.69, 9.17) is 9.47 Å². The van der Waals surface area contributed by atoms with Gasteiger partial charge in [0.25, 0.3) is 0 Å². The summed E-state index contributed by atoms with van der Waals surface area (Å²) in [7, 11) is 4.39. The molecular weight excluding hydrogens is 276 g/mol. The maximum atomic E-state index is 5.60. The molecule has 0 spiro atoms.